The molecular formula is C16H31N. The highest BCUT2D eigenvalue weighted by Gasteiger charge is 2.43. The average molecular weight is 237 g/mol. The molecule has 4 unspecified atom stereocenters. The van der Waals surface area contributed by atoms with E-state index >= 15 is 0 Å². The zero-order chi connectivity index (χ0) is 12.3. The lowest BCUT2D eigenvalue weighted by Gasteiger charge is -2.49. The monoisotopic (exact) mass is 237 g/mol. The molecule has 0 heterocycles. The van der Waals surface area contributed by atoms with E-state index in [1.165, 1.54) is 64.2 Å². The van der Waals surface area contributed by atoms with Crippen molar-refractivity contribution in [2.45, 2.75) is 83.6 Å². The lowest BCUT2D eigenvalue weighted by atomic mass is 9.60. The molecule has 2 aliphatic carbocycles. The maximum atomic E-state index is 6.91. The van der Waals surface area contributed by atoms with E-state index in [0.29, 0.717) is 0 Å². The van der Waals surface area contributed by atoms with Crippen LogP contribution in [0.4, 0.5) is 0 Å². The minimum absolute atomic E-state index is 0.195. The van der Waals surface area contributed by atoms with E-state index in [9.17, 15) is 0 Å². The van der Waals surface area contributed by atoms with Crippen LogP contribution in [-0.2, 0) is 0 Å². The smallest absolute Gasteiger partial charge is 0.0211 e. The van der Waals surface area contributed by atoms with Crippen LogP contribution in [0.2, 0.25) is 0 Å². The second-order valence-electron chi connectivity index (χ2n) is 6.60. The summed E-state index contributed by atoms with van der Waals surface area (Å²) in [6.45, 7) is 4.70. The zero-order valence-corrected chi connectivity index (χ0v) is 11.9. The van der Waals surface area contributed by atoms with Crippen LogP contribution in [0.5, 0.6) is 0 Å². The lowest BCUT2D eigenvalue weighted by molar-refractivity contribution is 0.0693. The molecule has 1 nitrogen and oxygen atoms in total. The molecule has 4 atom stereocenters. The second-order valence-corrected chi connectivity index (χ2v) is 6.60. The van der Waals surface area contributed by atoms with Gasteiger partial charge < -0.3 is 5.73 Å². The summed E-state index contributed by atoms with van der Waals surface area (Å²) in [7, 11) is 0. The third-order valence-corrected chi connectivity index (χ3v) is 5.79. The number of hydrogen-bond donors (Lipinski definition) is 1. The molecule has 0 aromatic rings. The number of nitrogens with two attached hydrogens (primary N) is 1. The lowest BCUT2D eigenvalue weighted by Crippen LogP contribution is -2.55. The molecular weight excluding hydrogens is 206 g/mol. The van der Waals surface area contributed by atoms with Crippen LogP contribution < -0.4 is 5.73 Å². The third-order valence-electron chi connectivity index (χ3n) is 5.79. The fraction of sp³-hybridized carbons (Fsp3) is 1.00. The highest BCUT2D eigenvalue weighted by molar-refractivity contribution is 5.00. The first-order valence-corrected chi connectivity index (χ1v) is 7.99. The van der Waals surface area contributed by atoms with Crippen molar-refractivity contribution in [2.75, 3.05) is 0 Å². The summed E-state index contributed by atoms with van der Waals surface area (Å²) in [4.78, 5) is 0. The molecule has 2 aliphatic rings. The van der Waals surface area contributed by atoms with E-state index in [-0.39, 0.29) is 5.54 Å². The molecule has 0 saturated heterocycles. The summed E-state index contributed by atoms with van der Waals surface area (Å²) in [6, 6.07) is 0. The second kappa shape index (κ2) is 5.73. The van der Waals surface area contributed by atoms with Gasteiger partial charge in [0.15, 0.2) is 0 Å². The first-order chi connectivity index (χ1) is 8.20. The van der Waals surface area contributed by atoms with E-state index in [4.69, 9.17) is 5.73 Å². The van der Waals surface area contributed by atoms with Gasteiger partial charge in [-0.1, -0.05) is 52.4 Å². The minimum Gasteiger partial charge on any atom is -0.325 e. The van der Waals surface area contributed by atoms with Crippen LogP contribution in [0.15, 0.2) is 0 Å². The normalized spacial score (nSPS) is 43.6. The summed E-state index contributed by atoms with van der Waals surface area (Å²) in [5.74, 6) is 2.59. The summed E-state index contributed by atoms with van der Waals surface area (Å²) >= 11 is 0. The quantitative estimate of drug-likeness (QED) is 0.768. The highest BCUT2D eigenvalue weighted by Crippen LogP contribution is 2.46. The van der Waals surface area contributed by atoms with Gasteiger partial charge in [-0.25, -0.2) is 0 Å². The largest absolute Gasteiger partial charge is 0.325 e. The molecule has 0 bridgehead atoms. The van der Waals surface area contributed by atoms with Crippen LogP contribution in [0.25, 0.3) is 0 Å². The summed E-state index contributed by atoms with van der Waals surface area (Å²) in [5.41, 5.74) is 7.10. The van der Waals surface area contributed by atoms with Crippen LogP contribution in [0.3, 0.4) is 0 Å². The predicted molar refractivity (Wildman–Crippen MR) is 74.9 cm³/mol. The number of hydrogen-bond acceptors (Lipinski definition) is 1. The van der Waals surface area contributed by atoms with Crippen molar-refractivity contribution < 1.29 is 0 Å². The van der Waals surface area contributed by atoms with Crippen molar-refractivity contribution in [1.82, 2.24) is 0 Å². The Bertz CT molecular complexity index is 238. The Kier molecular flexibility index (Phi) is 4.52. The standard InChI is InChI=1S/C16H31N/c1-3-13-8-7-10-15(12-13)16(17)11-6-5-9-14(16)4-2/h13-15H,3-12,17H2,1-2H3. The zero-order valence-electron chi connectivity index (χ0n) is 11.9. The Hall–Kier alpha value is -0.0400. The first-order valence-electron chi connectivity index (χ1n) is 7.99. The molecule has 2 fully saturated rings. The molecule has 0 aliphatic heterocycles. The van der Waals surface area contributed by atoms with Gasteiger partial charge in [-0.2, -0.15) is 0 Å². The molecule has 0 aromatic heterocycles. The van der Waals surface area contributed by atoms with Gasteiger partial charge in [0, 0.05) is 5.54 Å². The van der Waals surface area contributed by atoms with Gasteiger partial charge in [0.2, 0.25) is 0 Å². The highest BCUT2D eigenvalue weighted by atomic mass is 14.8. The van der Waals surface area contributed by atoms with Crippen molar-refractivity contribution in [3.05, 3.63) is 0 Å². The minimum atomic E-state index is 0.195. The van der Waals surface area contributed by atoms with Gasteiger partial charge in [0.25, 0.3) is 0 Å². The van der Waals surface area contributed by atoms with Gasteiger partial charge in [-0.15, -0.1) is 0 Å². The maximum absolute atomic E-state index is 6.91. The average Bonchev–Trinajstić information content (AvgIpc) is 2.39. The van der Waals surface area contributed by atoms with Crippen LogP contribution >= 0.6 is 0 Å². The maximum Gasteiger partial charge on any atom is 0.0211 e. The summed E-state index contributed by atoms with van der Waals surface area (Å²) < 4.78 is 0. The fourth-order valence-electron chi connectivity index (χ4n) is 4.57. The van der Waals surface area contributed by atoms with Gasteiger partial charge in [-0.3, -0.25) is 0 Å². The van der Waals surface area contributed by atoms with Crippen molar-refractivity contribution in [1.29, 1.82) is 0 Å². The van der Waals surface area contributed by atoms with Crippen LogP contribution in [-0.4, -0.2) is 5.54 Å². The van der Waals surface area contributed by atoms with E-state index in [1.807, 2.05) is 0 Å². The Morgan fingerprint density at radius 2 is 1.82 bits per heavy atom. The Balaban J connectivity index is 2.06. The Morgan fingerprint density at radius 1 is 1.00 bits per heavy atom. The first kappa shape index (κ1) is 13.4. The van der Waals surface area contributed by atoms with Crippen molar-refractivity contribution in [3.8, 4) is 0 Å². The van der Waals surface area contributed by atoms with Crippen molar-refractivity contribution >= 4 is 0 Å². The van der Waals surface area contributed by atoms with Crippen molar-refractivity contribution in [2.24, 2.45) is 23.5 Å². The molecule has 0 spiro atoms. The number of rotatable bonds is 3. The van der Waals surface area contributed by atoms with Crippen LogP contribution in [0.1, 0.15) is 78.1 Å². The molecule has 2 N–H and O–H groups in total. The summed E-state index contributed by atoms with van der Waals surface area (Å²) in [6.07, 6.45) is 13.9. The van der Waals surface area contributed by atoms with E-state index in [0.717, 1.165) is 17.8 Å². The molecule has 1 heteroatoms. The fourth-order valence-corrected chi connectivity index (χ4v) is 4.57. The Morgan fingerprint density at radius 3 is 2.53 bits per heavy atom. The Labute approximate surface area is 108 Å². The molecule has 100 valence electrons. The van der Waals surface area contributed by atoms with Gasteiger partial charge in [0.1, 0.15) is 0 Å². The topological polar surface area (TPSA) is 26.0 Å². The van der Waals surface area contributed by atoms with E-state index < -0.39 is 0 Å². The third kappa shape index (κ3) is 2.70. The summed E-state index contributed by atoms with van der Waals surface area (Å²) in [5, 5.41) is 0. The molecule has 0 amide bonds. The molecule has 2 rings (SSSR count). The van der Waals surface area contributed by atoms with Gasteiger partial charge in [-0.05, 0) is 43.4 Å². The predicted octanol–water partition coefficient (Wildman–Crippen LogP) is 4.50. The molecule has 0 aromatic carbocycles. The van der Waals surface area contributed by atoms with Crippen LogP contribution in [0, 0.1) is 17.8 Å². The van der Waals surface area contributed by atoms with Gasteiger partial charge in [0.05, 0.1) is 0 Å². The SMILES string of the molecule is CCC1CCCC(C2(N)CCCCC2CC)C1. The van der Waals surface area contributed by atoms with E-state index in [1.54, 1.807) is 0 Å². The van der Waals surface area contributed by atoms with Crippen molar-refractivity contribution in [3.63, 3.8) is 0 Å². The van der Waals surface area contributed by atoms with Gasteiger partial charge >= 0.3 is 0 Å². The molecule has 2 saturated carbocycles. The molecule has 0 radical (unpaired) electrons. The van der Waals surface area contributed by atoms with E-state index in [2.05, 4.69) is 13.8 Å². The molecule has 17 heavy (non-hydrogen) atoms.